The molecule has 0 aromatic heterocycles. The van der Waals surface area contributed by atoms with Crippen LogP contribution in [0.5, 0.6) is 0 Å². The van der Waals surface area contributed by atoms with E-state index in [0.717, 1.165) is 13.1 Å². The molecule has 1 unspecified atom stereocenters. The van der Waals surface area contributed by atoms with Gasteiger partial charge in [0.15, 0.2) is 0 Å². The van der Waals surface area contributed by atoms with Gasteiger partial charge in [-0.2, -0.15) is 0 Å². The Hall–Kier alpha value is -1.35. The summed E-state index contributed by atoms with van der Waals surface area (Å²) in [6.45, 7) is 3.66. The molecule has 15 heavy (non-hydrogen) atoms. The first-order valence-electron chi connectivity index (χ1n) is 5.29. The highest BCUT2D eigenvalue weighted by molar-refractivity contribution is 5.80. The molecule has 0 saturated carbocycles. The molecule has 80 valence electrons. The molecule has 0 bridgehead atoms. The maximum absolute atomic E-state index is 9.26. The van der Waals surface area contributed by atoms with E-state index in [0.29, 0.717) is 6.42 Å². The van der Waals surface area contributed by atoms with Crippen LogP contribution >= 0.6 is 0 Å². The quantitative estimate of drug-likeness (QED) is 0.809. The van der Waals surface area contributed by atoms with Gasteiger partial charge in [0.25, 0.3) is 0 Å². The smallest absolute Gasteiger partial charge is 0.0895 e. The Morgan fingerprint density at radius 2 is 2.13 bits per heavy atom. The first kappa shape index (κ1) is 10.2. The highest BCUT2D eigenvalue weighted by atomic mass is 16.3. The van der Waals surface area contributed by atoms with Crippen LogP contribution in [-0.4, -0.2) is 30.6 Å². The van der Waals surface area contributed by atoms with Crippen LogP contribution in [-0.2, 0) is 6.42 Å². The fraction of sp³-hybridized carbons (Fsp3) is 0.417. The number of nitrogens with zero attached hydrogens (tertiary/aromatic N) is 2. The zero-order chi connectivity index (χ0) is 10.7. The molecule has 1 atom stereocenters. The van der Waals surface area contributed by atoms with Crippen LogP contribution in [0.4, 0.5) is 5.69 Å². The van der Waals surface area contributed by atoms with Crippen LogP contribution in [0.25, 0.3) is 0 Å². The van der Waals surface area contributed by atoms with E-state index in [-0.39, 0.29) is 6.10 Å². The van der Waals surface area contributed by atoms with Crippen LogP contribution in [0, 0.1) is 0 Å². The van der Waals surface area contributed by atoms with Crippen LogP contribution in [0.3, 0.4) is 0 Å². The molecule has 1 aliphatic rings. The Labute approximate surface area is 90.1 Å². The van der Waals surface area contributed by atoms with Crippen LogP contribution in [0.15, 0.2) is 29.3 Å². The molecule has 0 radical (unpaired) electrons. The predicted octanol–water partition coefficient (Wildman–Crippen LogP) is 1.46. The van der Waals surface area contributed by atoms with Gasteiger partial charge in [0.05, 0.1) is 19.0 Å². The Morgan fingerprint density at radius 3 is 2.67 bits per heavy atom. The minimum Gasteiger partial charge on any atom is -0.393 e. The van der Waals surface area contributed by atoms with Crippen LogP contribution in [0.2, 0.25) is 0 Å². The first-order chi connectivity index (χ1) is 7.25. The van der Waals surface area contributed by atoms with E-state index in [4.69, 9.17) is 0 Å². The summed E-state index contributed by atoms with van der Waals surface area (Å²) in [6.07, 6.45) is 2.32. The Balaban J connectivity index is 2.06. The topological polar surface area (TPSA) is 35.8 Å². The summed E-state index contributed by atoms with van der Waals surface area (Å²) in [5.41, 5.74) is 2.34. The molecule has 3 heteroatoms. The third-order valence-electron chi connectivity index (χ3n) is 2.49. The third-order valence-corrected chi connectivity index (χ3v) is 2.49. The monoisotopic (exact) mass is 204 g/mol. The average molecular weight is 204 g/mol. The summed E-state index contributed by atoms with van der Waals surface area (Å²) < 4.78 is 0. The number of rotatable bonds is 3. The largest absolute Gasteiger partial charge is 0.393 e. The van der Waals surface area contributed by atoms with Crippen molar-refractivity contribution in [3.63, 3.8) is 0 Å². The maximum atomic E-state index is 9.26. The molecule has 1 aromatic rings. The minimum atomic E-state index is -0.274. The number of aliphatic hydroxyl groups excluding tert-OH is 1. The van der Waals surface area contributed by atoms with Crippen LogP contribution in [0.1, 0.15) is 12.5 Å². The third kappa shape index (κ3) is 2.57. The molecule has 1 N–H and O–H groups in total. The van der Waals surface area contributed by atoms with Gasteiger partial charge >= 0.3 is 0 Å². The number of aliphatic imine (C=N–C) groups is 1. The van der Waals surface area contributed by atoms with E-state index in [1.807, 2.05) is 6.34 Å². The van der Waals surface area contributed by atoms with E-state index in [1.165, 1.54) is 11.3 Å². The van der Waals surface area contributed by atoms with Crippen LogP contribution < -0.4 is 4.90 Å². The van der Waals surface area contributed by atoms with Gasteiger partial charge in [-0.25, -0.2) is 0 Å². The van der Waals surface area contributed by atoms with Gasteiger partial charge < -0.3 is 10.0 Å². The Kier molecular flexibility index (Phi) is 3.02. The van der Waals surface area contributed by atoms with Crippen molar-refractivity contribution in [2.45, 2.75) is 19.4 Å². The van der Waals surface area contributed by atoms with E-state index >= 15 is 0 Å². The van der Waals surface area contributed by atoms with Crippen molar-refractivity contribution in [2.24, 2.45) is 4.99 Å². The fourth-order valence-electron chi connectivity index (χ4n) is 1.74. The second kappa shape index (κ2) is 4.45. The summed E-state index contributed by atoms with van der Waals surface area (Å²) in [6, 6.07) is 8.28. The standard InChI is InChI=1S/C12H16N2O/c1-10(15)8-11-2-4-12(5-3-11)14-7-6-13-9-14/h2-5,9-10,15H,6-8H2,1H3. The summed E-state index contributed by atoms with van der Waals surface area (Å²) in [5, 5.41) is 9.26. The minimum absolute atomic E-state index is 0.274. The van der Waals surface area contributed by atoms with E-state index in [9.17, 15) is 5.11 Å². The number of anilines is 1. The SMILES string of the molecule is CC(O)Cc1ccc(N2C=NCC2)cc1. The molecular formula is C12H16N2O. The summed E-state index contributed by atoms with van der Waals surface area (Å²) in [4.78, 5) is 6.30. The Morgan fingerprint density at radius 1 is 1.40 bits per heavy atom. The molecule has 0 saturated heterocycles. The van der Waals surface area contributed by atoms with Gasteiger partial charge in [-0.05, 0) is 31.0 Å². The fourth-order valence-corrected chi connectivity index (χ4v) is 1.74. The molecule has 0 aliphatic carbocycles. The second-order valence-corrected chi connectivity index (χ2v) is 3.93. The molecular weight excluding hydrogens is 188 g/mol. The van der Waals surface area contributed by atoms with Gasteiger partial charge in [-0.15, -0.1) is 0 Å². The van der Waals surface area contributed by atoms with Gasteiger partial charge in [0.2, 0.25) is 0 Å². The highest BCUT2D eigenvalue weighted by Crippen LogP contribution is 2.16. The van der Waals surface area contributed by atoms with Crippen molar-refractivity contribution in [1.82, 2.24) is 0 Å². The van der Waals surface area contributed by atoms with Crippen molar-refractivity contribution < 1.29 is 5.11 Å². The number of hydrogen-bond acceptors (Lipinski definition) is 3. The lowest BCUT2D eigenvalue weighted by Crippen LogP contribution is -2.18. The number of aliphatic hydroxyl groups is 1. The Bertz CT molecular complexity index is 343. The first-order valence-corrected chi connectivity index (χ1v) is 5.29. The van der Waals surface area contributed by atoms with Crippen molar-refractivity contribution in [3.05, 3.63) is 29.8 Å². The highest BCUT2D eigenvalue weighted by Gasteiger charge is 2.07. The molecule has 1 aromatic carbocycles. The lowest BCUT2D eigenvalue weighted by atomic mass is 10.1. The molecule has 3 nitrogen and oxygen atoms in total. The van der Waals surface area contributed by atoms with Crippen molar-refractivity contribution in [1.29, 1.82) is 0 Å². The second-order valence-electron chi connectivity index (χ2n) is 3.93. The van der Waals surface area contributed by atoms with Crippen molar-refractivity contribution in [3.8, 4) is 0 Å². The summed E-state index contributed by atoms with van der Waals surface area (Å²) >= 11 is 0. The van der Waals surface area contributed by atoms with Gasteiger partial charge in [0.1, 0.15) is 0 Å². The predicted molar refractivity (Wildman–Crippen MR) is 62.5 cm³/mol. The lowest BCUT2D eigenvalue weighted by Gasteiger charge is -2.14. The van der Waals surface area contributed by atoms with E-state index < -0.39 is 0 Å². The van der Waals surface area contributed by atoms with Crippen molar-refractivity contribution in [2.75, 3.05) is 18.0 Å². The van der Waals surface area contributed by atoms with Crippen molar-refractivity contribution >= 4 is 12.0 Å². The molecule has 1 heterocycles. The van der Waals surface area contributed by atoms with Gasteiger partial charge in [0, 0.05) is 12.2 Å². The molecule has 0 amide bonds. The zero-order valence-electron chi connectivity index (χ0n) is 8.93. The zero-order valence-corrected chi connectivity index (χ0v) is 8.93. The lowest BCUT2D eigenvalue weighted by molar-refractivity contribution is 0.195. The maximum Gasteiger partial charge on any atom is 0.0895 e. The molecule has 1 aliphatic heterocycles. The number of benzene rings is 1. The normalized spacial score (nSPS) is 17.1. The van der Waals surface area contributed by atoms with E-state index in [2.05, 4.69) is 34.2 Å². The molecule has 0 fully saturated rings. The average Bonchev–Trinajstić information content (AvgIpc) is 2.71. The summed E-state index contributed by atoms with van der Waals surface area (Å²) in [5.74, 6) is 0. The van der Waals surface area contributed by atoms with Gasteiger partial charge in [-0.1, -0.05) is 12.1 Å². The summed E-state index contributed by atoms with van der Waals surface area (Å²) in [7, 11) is 0. The number of hydrogen-bond donors (Lipinski definition) is 1. The van der Waals surface area contributed by atoms with Gasteiger partial charge in [-0.3, -0.25) is 4.99 Å². The molecule has 0 spiro atoms. The van der Waals surface area contributed by atoms with E-state index in [1.54, 1.807) is 6.92 Å². The molecule has 2 rings (SSSR count).